The molecule has 0 radical (unpaired) electrons. The van der Waals surface area contributed by atoms with Gasteiger partial charge in [-0.1, -0.05) is 29.8 Å². The van der Waals surface area contributed by atoms with E-state index in [4.69, 9.17) is 16.0 Å². The maximum absolute atomic E-state index is 5.72. The molecule has 0 fully saturated rings. The molecule has 3 heteroatoms. The third kappa shape index (κ3) is 3.35. The zero-order valence-electron chi connectivity index (χ0n) is 10.0. The average Bonchev–Trinajstić information content (AvgIpc) is 2.73. The van der Waals surface area contributed by atoms with Crippen molar-refractivity contribution in [2.75, 3.05) is 0 Å². The Balaban J connectivity index is 1.93. The minimum Gasteiger partial charge on any atom is -0.448 e. The van der Waals surface area contributed by atoms with Crippen LogP contribution in [0.1, 0.15) is 29.9 Å². The molecule has 0 aliphatic rings. The van der Waals surface area contributed by atoms with Crippen molar-refractivity contribution in [3.05, 3.63) is 58.5 Å². The van der Waals surface area contributed by atoms with Gasteiger partial charge in [0.2, 0.25) is 0 Å². The van der Waals surface area contributed by atoms with Gasteiger partial charge in [0, 0.05) is 6.04 Å². The summed E-state index contributed by atoms with van der Waals surface area (Å²) in [5, 5.41) is 3.83. The van der Waals surface area contributed by atoms with Gasteiger partial charge in [-0.15, -0.1) is 0 Å². The first kappa shape index (κ1) is 12.2. The van der Waals surface area contributed by atoms with Crippen LogP contribution in [-0.2, 0) is 6.54 Å². The van der Waals surface area contributed by atoms with Crippen molar-refractivity contribution in [2.45, 2.75) is 26.4 Å². The Hall–Kier alpha value is -1.25. The molecule has 2 nitrogen and oxygen atoms in total. The molecule has 1 atom stereocenters. The molecular weight excluding hydrogens is 234 g/mol. The van der Waals surface area contributed by atoms with Gasteiger partial charge in [0.1, 0.15) is 5.76 Å². The predicted molar refractivity (Wildman–Crippen MR) is 70.2 cm³/mol. The summed E-state index contributed by atoms with van der Waals surface area (Å²) in [5.41, 5.74) is 2.55. The number of halogens is 1. The monoisotopic (exact) mass is 249 g/mol. The Morgan fingerprint density at radius 2 is 1.88 bits per heavy atom. The SMILES string of the molecule is Cc1ccc([C@H](C)NCc2ccc(Cl)o2)cc1. The zero-order chi connectivity index (χ0) is 12.3. The van der Waals surface area contributed by atoms with Gasteiger partial charge in [-0.05, 0) is 43.1 Å². The van der Waals surface area contributed by atoms with Crippen LogP contribution in [0.15, 0.2) is 40.8 Å². The van der Waals surface area contributed by atoms with Crippen LogP contribution in [0.4, 0.5) is 0 Å². The van der Waals surface area contributed by atoms with Crippen molar-refractivity contribution in [2.24, 2.45) is 0 Å². The van der Waals surface area contributed by atoms with E-state index in [0.29, 0.717) is 17.8 Å². The smallest absolute Gasteiger partial charge is 0.193 e. The first-order valence-corrected chi connectivity index (χ1v) is 6.07. The lowest BCUT2D eigenvalue weighted by Gasteiger charge is -2.13. The topological polar surface area (TPSA) is 25.2 Å². The number of hydrogen-bond acceptors (Lipinski definition) is 2. The number of rotatable bonds is 4. The second kappa shape index (κ2) is 5.39. The Kier molecular flexibility index (Phi) is 3.87. The predicted octanol–water partition coefficient (Wildman–Crippen LogP) is 4.09. The maximum Gasteiger partial charge on any atom is 0.193 e. The minimum atomic E-state index is 0.291. The highest BCUT2D eigenvalue weighted by molar-refractivity contribution is 6.28. The van der Waals surface area contributed by atoms with Crippen molar-refractivity contribution in [1.29, 1.82) is 0 Å². The van der Waals surface area contributed by atoms with Gasteiger partial charge in [0.15, 0.2) is 5.22 Å². The second-order valence-corrected chi connectivity index (χ2v) is 4.59. The fourth-order valence-corrected chi connectivity index (χ4v) is 1.84. The molecule has 90 valence electrons. The summed E-state index contributed by atoms with van der Waals surface area (Å²) >= 11 is 5.72. The van der Waals surface area contributed by atoms with Crippen LogP contribution in [0, 0.1) is 6.92 Å². The highest BCUT2D eigenvalue weighted by Gasteiger charge is 2.06. The molecule has 2 aromatic rings. The van der Waals surface area contributed by atoms with Crippen LogP contribution in [0.2, 0.25) is 5.22 Å². The standard InChI is InChI=1S/C14H16ClNO/c1-10-3-5-12(6-4-10)11(2)16-9-13-7-8-14(15)17-13/h3-8,11,16H,9H2,1-2H3/t11-/m0/s1. The fraction of sp³-hybridized carbons (Fsp3) is 0.286. The van der Waals surface area contributed by atoms with Crippen molar-refractivity contribution in [3.8, 4) is 0 Å². The summed E-state index contributed by atoms with van der Waals surface area (Å²) in [5.74, 6) is 0.856. The quantitative estimate of drug-likeness (QED) is 0.883. The zero-order valence-corrected chi connectivity index (χ0v) is 10.8. The van der Waals surface area contributed by atoms with E-state index >= 15 is 0 Å². The Morgan fingerprint density at radius 3 is 2.47 bits per heavy atom. The Bertz CT molecular complexity index is 475. The molecular formula is C14H16ClNO. The van der Waals surface area contributed by atoms with E-state index in [-0.39, 0.29) is 0 Å². The largest absolute Gasteiger partial charge is 0.448 e. The average molecular weight is 250 g/mol. The summed E-state index contributed by atoms with van der Waals surface area (Å²) in [6.07, 6.45) is 0. The third-order valence-corrected chi connectivity index (χ3v) is 2.99. The lowest BCUT2D eigenvalue weighted by molar-refractivity contribution is 0.461. The molecule has 0 aliphatic heterocycles. The number of furan rings is 1. The summed E-state index contributed by atoms with van der Waals surface area (Å²) in [6, 6.07) is 12.5. The first-order chi connectivity index (χ1) is 8.15. The molecule has 1 aromatic carbocycles. The highest BCUT2D eigenvalue weighted by atomic mass is 35.5. The van der Waals surface area contributed by atoms with E-state index in [1.165, 1.54) is 11.1 Å². The molecule has 0 saturated heterocycles. The van der Waals surface area contributed by atoms with E-state index in [1.54, 1.807) is 6.07 Å². The fourth-order valence-electron chi connectivity index (χ4n) is 1.67. The normalized spacial score (nSPS) is 12.6. The molecule has 2 rings (SSSR count). The van der Waals surface area contributed by atoms with Crippen molar-refractivity contribution >= 4 is 11.6 Å². The molecule has 0 saturated carbocycles. The van der Waals surface area contributed by atoms with E-state index in [1.807, 2.05) is 6.07 Å². The molecule has 0 spiro atoms. The van der Waals surface area contributed by atoms with Crippen LogP contribution in [-0.4, -0.2) is 0 Å². The van der Waals surface area contributed by atoms with E-state index in [0.717, 1.165) is 5.76 Å². The molecule has 1 aromatic heterocycles. The summed E-state index contributed by atoms with van der Waals surface area (Å²) in [4.78, 5) is 0. The summed E-state index contributed by atoms with van der Waals surface area (Å²) in [6.45, 7) is 4.91. The molecule has 17 heavy (non-hydrogen) atoms. The van der Waals surface area contributed by atoms with E-state index in [2.05, 4.69) is 43.4 Å². The van der Waals surface area contributed by atoms with Crippen molar-refractivity contribution < 1.29 is 4.42 Å². The molecule has 0 amide bonds. The summed E-state index contributed by atoms with van der Waals surface area (Å²) in [7, 11) is 0. The number of hydrogen-bond donors (Lipinski definition) is 1. The molecule has 0 aliphatic carbocycles. The number of nitrogens with one attached hydrogen (secondary N) is 1. The molecule has 1 N–H and O–H groups in total. The second-order valence-electron chi connectivity index (χ2n) is 4.22. The van der Waals surface area contributed by atoms with Gasteiger partial charge in [0.25, 0.3) is 0 Å². The number of aryl methyl sites for hydroxylation is 1. The van der Waals surface area contributed by atoms with Crippen molar-refractivity contribution in [3.63, 3.8) is 0 Å². The lowest BCUT2D eigenvalue weighted by Crippen LogP contribution is -2.17. The first-order valence-electron chi connectivity index (χ1n) is 5.69. The number of benzene rings is 1. The lowest BCUT2D eigenvalue weighted by atomic mass is 10.1. The highest BCUT2D eigenvalue weighted by Crippen LogP contribution is 2.16. The van der Waals surface area contributed by atoms with E-state index < -0.39 is 0 Å². The van der Waals surface area contributed by atoms with Gasteiger partial charge in [-0.3, -0.25) is 0 Å². The maximum atomic E-state index is 5.72. The van der Waals surface area contributed by atoms with Gasteiger partial charge in [-0.25, -0.2) is 0 Å². The van der Waals surface area contributed by atoms with Gasteiger partial charge < -0.3 is 9.73 Å². The van der Waals surface area contributed by atoms with Crippen LogP contribution >= 0.6 is 11.6 Å². The van der Waals surface area contributed by atoms with Gasteiger partial charge in [-0.2, -0.15) is 0 Å². The van der Waals surface area contributed by atoms with E-state index in [9.17, 15) is 0 Å². The molecule has 0 unspecified atom stereocenters. The minimum absolute atomic E-state index is 0.291. The third-order valence-electron chi connectivity index (χ3n) is 2.79. The van der Waals surface area contributed by atoms with Crippen LogP contribution in [0.3, 0.4) is 0 Å². The Labute approximate surface area is 107 Å². The molecule has 1 heterocycles. The van der Waals surface area contributed by atoms with Crippen molar-refractivity contribution in [1.82, 2.24) is 5.32 Å². The Morgan fingerprint density at radius 1 is 1.18 bits per heavy atom. The van der Waals surface area contributed by atoms with Gasteiger partial charge >= 0.3 is 0 Å². The van der Waals surface area contributed by atoms with Crippen LogP contribution in [0.5, 0.6) is 0 Å². The molecule has 0 bridgehead atoms. The van der Waals surface area contributed by atoms with Crippen LogP contribution < -0.4 is 5.32 Å². The summed E-state index contributed by atoms with van der Waals surface area (Å²) < 4.78 is 5.29. The van der Waals surface area contributed by atoms with Crippen LogP contribution in [0.25, 0.3) is 0 Å². The van der Waals surface area contributed by atoms with Gasteiger partial charge in [0.05, 0.1) is 6.54 Å².